The zero-order valence-electron chi connectivity index (χ0n) is 12.9. The van der Waals surface area contributed by atoms with Gasteiger partial charge in [0.1, 0.15) is 0 Å². The Balaban J connectivity index is 0.000000346. The maximum atomic E-state index is 11.5. The Morgan fingerprint density at radius 3 is 2.45 bits per heavy atom. The molecule has 3 nitrogen and oxygen atoms in total. The first kappa shape index (κ1) is 17.9. The highest BCUT2D eigenvalue weighted by Gasteiger charge is 2.24. The summed E-state index contributed by atoms with van der Waals surface area (Å²) < 4.78 is 10.4. The Bertz CT molecular complexity index is 461. The molecular formula is C19H24O3. The van der Waals surface area contributed by atoms with Gasteiger partial charge in [-0.25, -0.2) is 0 Å². The lowest BCUT2D eigenvalue weighted by molar-refractivity contribution is -0.148. The van der Waals surface area contributed by atoms with Crippen molar-refractivity contribution in [2.24, 2.45) is 5.92 Å². The summed E-state index contributed by atoms with van der Waals surface area (Å²) in [7, 11) is 0. The van der Waals surface area contributed by atoms with E-state index in [-0.39, 0.29) is 11.9 Å². The molecule has 1 aromatic carbocycles. The van der Waals surface area contributed by atoms with Gasteiger partial charge in [0.05, 0.1) is 19.1 Å². The molecule has 0 N–H and O–H groups in total. The molecule has 1 aromatic rings. The summed E-state index contributed by atoms with van der Waals surface area (Å²) in [4.78, 5) is 11.5. The lowest BCUT2D eigenvalue weighted by Gasteiger charge is -2.08. The van der Waals surface area contributed by atoms with Crippen molar-refractivity contribution in [3.8, 4) is 0 Å². The maximum absolute atomic E-state index is 11.5. The minimum absolute atomic E-state index is 0.0456. The first-order valence-electron chi connectivity index (χ1n) is 7.46. The predicted octanol–water partition coefficient (Wildman–Crippen LogP) is 3.72. The van der Waals surface area contributed by atoms with Crippen LogP contribution in [0.2, 0.25) is 0 Å². The fraction of sp³-hybridized carbons (Fsp3) is 0.316. The molecule has 0 saturated carbocycles. The van der Waals surface area contributed by atoms with E-state index in [0.717, 1.165) is 12.8 Å². The normalized spacial score (nSPS) is 16.6. The average Bonchev–Trinajstić information content (AvgIpc) is 3.09. The number of carbonyl (C=O) groups is 1. The smallest absolute Gasteiger partial charge is 0.311 e. The Labute approximate surface area is 132 Å². The molecule has 0 bridgehead atoms. The van der Waals surface area contributed by atoms with Crippen LogP contribution in [-0.2, 0) is 20.7 Å². The van der Waals surface area contributed by atoms with Crippen molar-refractivity contribution in [1.29, 1.82) is 0 Å². The van der Waals surface area contributed by atoms with Crippen LogP contribution in [0.15, 0.2) is 67.8 Å². The summed E-state index contributed by atoms with van der Waals surface area (Å²) in [6.07, 6.45) is 8.65. The van der Waals surface area contributed by atoms with E-state index in [4.69, 9.17) is 9.47 Å². The molecule has 22 heavy (non-hydrogen) atoms. The zero-order valence-corrected chi connectivity index (χ0v) is 12.9. The SMILES string of the molecule is C=C/C=C\C=C.O=C(OCCc1ccccc1)[C@@H]1CCOC1. The fourth-order valence-corrected chi connectivity index (χ4v) is 1.91. The second kappa shape index (κ2) is 11.5. The van der Waals surface area contributed by atoms with Crippen LogP contribution >= 0.6 is 0 Å². The first-order chi connectivity index (χ1) is 10.8. The monoisotopic (exact) mass is 300 g/mol. The van der Waals surface area contributed by atoms with Gasteiger partial charge in [0.2, 0.25) is 0 Å². The molecule has 1 aliphatic heterocycles. The summed E-state index contributed by atoms with van der Waals surface area (Å²) in [6, 6.07) is 10.0. The highest BCUT2D eigenvalue weighted by Crippen LogP contribution is 2.14. The van der Waals surface area contributed by atoms with Crippen LogP contribution < -0.4 is 0 Å². The third-order valence-electron chi connectivity index (χ3n) is 3.12. The van der Waals surface area contributed by atoms with Gasteiger partial charge < -0.3 is 9.47 Å². The number of hydrogen-bond acceptors (Lipinski definition) is 3. The van der Waals surface area contributed by atoms with Crippen LogP contribution in [0, 0.1) is 5.92 Å². The van der Waals surface area contributed by atoms with E-state index < -0.39 is 0 Å². The van der Waals surface area contributed by atoms with Gasteiger partial charge in [0.15, 0.2) is 0 Å². The molecule has 1 fully saturated rings. The number of hydrogen-bond donors (Lipinski definition) is 0. The van der Waals surface area contributed by atoms with Crippen molar-refractivity contribution in [2.45, 2.75) is 12.8 Å². The van der Waals surface area contributed by atoms with Crippen molar-refractivity contribution in [3.05, 3.63) is 73.4 Å². The van der Waals surface area contributed by atoms with Gasteiger partial charge in [0.25, 0.3) is 0 Å². The topological polar surface area (TPSA) is 35.5 Å². The van der Waals surface area contributed by atoms with Crippen LogP contribution in [0.1, 0.15) is 12.0 Å². The quantitative estimate of drug-likeness (QED) is 0.593. The van der Waals surface area contributed by atoms with E-state index in [1.165, 1.54) is 5.56 Å². The maximum Gasteiger partial charge on any atom is 0.311 e. The Morgan fingerprint density at radius 1 is 1.23 bits per heavy atom. The predicted molar refractivity (Wildman–Crippen MR) is 89.6 cm³/mol. The second-order valence-electron chi connectivity index (χ2n) is 4.82. The molecule has 0 unspecified atom stereocenters. The Morgan fingerprint density at radius 2 is 1.91 bits per heavy atom. The first-order valence-corrected chi connectivity index (χ1v) is 7.46. The minimum Gasteiger partial charge on any atom is -0.465 e. The molecule has 3 heteroatoms. The van der Waals surface area contributed by atoms with Crippen LogP contribution in [0.3, 0.4) is 0 Å². The van der Waals surface area contributed by atoms with Crippen molar-refractivity contribution < 1.29 is 14.3 Å². The molecule has 0 spiro atoms. The van der Waals surface area contributed by atoms with Gasteiger partial charge >= 0.3 is 5.97 Å². The Kier molecular flexibility index (Phi) is 9.38. The second-order valence-corrected chi connectivity index (χ2v) is 4.82. The van der Waals surface area contributed by atoms with E-state index in [1.807, 2.05) is 42.5 Å². The lowest BCUT2D eigenvalue weighted by Crippen LogP contribution is -2.18. The molecule has 0 amide bonds. The summed E-state index contributed by atoms with van der Waals surface area (Å²) in [6.45, 7) is 8.58. The fourth-order valence-electron chi connectivity index (χ4n) is 1.91. The van der Waals surface area contributed by atoms with Gasteiger partial charge in [-0.1, -0.05) is 67.8 Å². The number of allylic oxidation sites excluding steroid dienone is 4. The molecule has 1 aliphatic rings. The van der Waals surface area contributed by atoms with Gasteiger partial charge in [-0.3, -0.25) is 4.79 Å². The number of benzene rings is 1. The van der Waals surface area contributed by atoms with Crippen molar-refractivity contribution >= 4 is 5.97 Å². The van der Waals surface area contributed by atoms with Crippen molar-refractivity contribution in [2.75, 3.05) is 19.8 Å². The third-order valence-corrected chi connectivity index (χ3v) is 3.12. The molecular weight excluding hydrogens is 276 g/mol. The highest BCUT2D eigenvalue weighted by atomic mass is 16.5. The average molecular weight is 300 g/mol. The van der Waals surface area contributed by atoms with E-state index in [0.29, 0.717) is 19.8 Å². The molecule has 118 valence electrons. The van der Waals surface area contributed by atoms with E-state index in [2.05, 4.69) is 13.2 Å². The molecule has 0 aliphatic carbocycles. The zero-order chi connectivity index (χ0) is 16.0. The van der Waals surface area contributed by atoms with Crippen molar-refractivity contribution in [3.63, 3.8) is 0 Å². The summed E-state index contributed by atoms with van der Waals surface area (Å²) >= 11 is 0. The van der Waals surface area contributed by atoms with E-state index >= 15 is 0 Å². The van der Waals surface area contributed by atoms with Crippen LogP contribution in [0.4, 0.5) is 0 Å². The van der Waals surface area contributed by atoms with Gasteiger partial charge in [-0.05, 0) is 12.0 Å². The summed E-state index contributed by atoms with van der Waals surface area (Å²) in [5, 5.41) is 0. The minimum atomic E-state index is -0.117. The van der Waals surface area contributed by atoms with E-state index in [1.54, 1.807) is 12.2 Å². The van der Waals surface area contributed by atoms with Crippen molar-refractivity contribution in [1.82, 2.24) is 0 Å². The molecule has 1 heterocycles. The number of ether oxygens (including phenoxy) is 2. The van der Waals surface area contributed by atoms with E-state index in [9.17, 15) is 4.79 Å². The lowest BCUT2D eigenvalue weighted by atomic mass is 10.1. The molecule has 0 aromatic heterocycles. The van der Waals surface area contributed by atoms with Gasteiger partial charge in [-0.2, -0.15) is 0 Å². The highest BCUT2D eigenvalue weighted by molar-refractivity contribution is 5.72. The van der Waals surface area contributed by atoms with Crippen LogP contribution in [0.5, 0.6) is 0 Å². The van der Waals surface area contributed by atoms with Gasteiger partial charge in [0, 0.05) is 13.0 Å². The number of esters is 1. The molecule has 1 atom stereocenters. The number of rotatable bonds is 6. The molecule has 1 saturated heterocycles. The Hall–Kier alpha value is -2.13. The van der Waals surface area contributed by atoms with Gasteiger partial charge in [-0.15, -0.1) is 0 Å². The van der Waals surface area contributed by atoms with Crippen LogP contribution in [0.25, 0.3) is 0 Å². The third kappa shape index (κ3) is 7.60. The van der Waals surface area contributed by atoms with Crippen LogP contribution in [-0.4, -0.2) is 25.8 Å². The molecule has 2 rings (SSSR count). The summed E-state index contributed by atoms with van der Waals surface area (Å²) in [5.74, 6) is -0.163. The number of carbonyl (C=O) groups excluding carboxylic acids is 1. The summed E-state index contributed by atoms with van der Waals surface area (Å²) in [5.41, 5.74) is 1.19. The molecule has 0 radical (unpaired) electrons. The standard InChI is InChI=1S/C13H16O3.C6H8/c14-13(12-7-8-15-10-12)16-9-6-11-4-2-1-3-5-11;1-3-5-6-4-2/h1-5,12H,6-10H2;3-6H,1-2H2/b;6-5-/t12-;/m1./s1. The largest absolute Gasteiger partial charge is 0.465 e.